The molecule has 70 heavy (non-hydrogen) atoms. The number of carbonyl (C=O) groups is 4. The number of carboxylic acid groups (broad SMARTS) is 1. The molecule has 17 nitrogen and oxygen atoms in total. The van der Waals surface area contributed by atoms with E-state index in [-0.39, 0.29) is 65.7 Å². The van der Waals surface area contributed by atoms with Crippen molar-refractivity contribution in [3.05, 3.63) is 155 Å². The first-order valence-corrected chi connectivity index (χ1v) is 21.7. The number of hydrogen-bond donors (Lipinski definition) is 5. The molecule has 0 saturated carbocycles. The maximum absolute atomic E-state index is 13.4. The van der Waals surface area contributed by atoms with Gasteiger partial charge in [-0.25, -0.2) is 0 Å². The average Bonchev–Trinajstić information content (AvgIpc) is 3.98. The summed E-state index contributed by atoms with van der Waals surface area (Å²) in [6, 6.07) is 37.3. The Morgan fingerprint density at radius 3 is 1.44 bits per heavy atom. The Labute approximate surface area is 426 Å². The molecular formula is C52H53N8NaO9. The molecule has 0 aliphatic carbocycles. The van der Waals surface area contributed by atoms with E-state index in [0.717, 1.165) is 27.8 Å². The number of oxazole rings is 2. The summed E-state index contributed by atoms with van der Waals surface area (Å²) in [5, 5.41) is 14.9. The maximum atomic E-state index is 13.4. The van der Waals surface area contributed by atoms with E-state index in [1.54, 1.807) is 83.5 Å². The molecule has 356 valence electrons. The Hall–Kier alpha value is -7.38. The van der Waals surface area contributed by atoms with E-state index in [0.29, 0.717) is 93.1 Å². The van der Waals surface area contributed by atoms with Crippen molar-refractivity contribution in [2.75, 3.05) is 55.2 Å². The molecule has 0 unspecified atom stereocenters. The number of aromatic nitrogens is 2. The summed E-state index contributed by atoms with van der Waals surface area (Å²) >= 11 is 0. The second-order valence-corrected chi connectivity index (χ2v) is 16.1. The fourth-order valence-electron chi connectivity index (χ4n) is 7.36. The van der Waals surface area contributed by atoms with E-state index in [9.17, 15) is 19.2 Å². The van der Waals surface area contributed by atoms with Crippen molar-refractivity contribution < 1.29 is 72.9 Å². The van der Waals surface area contributed by atoms with Crippen LogP contribution in [0, 0.1) is 0 Å². The predicted octanol–water partition coefficient (Wildman–Crippen LogP) is 5.10. The van der Waals surface area contributed by atoms with Gasteiger partial charge < -0.3 is 56.1 Å². The number of nitrogens with zero attached hydrogens (tertiary/aromatic N) is 4. The Kier molecular flexibility index (Phi) is 18.6. The minimum Gasteiger partial charge on any atom is -0.870 e. The predicted molar refractivity (Wildman–Crippen MR) is 266 cm³/mol. The molecule has 0 radical (unpaired) electrons. The third-order valence-electron chi connectivity index (χ3n) is 10.7. The molecule has 8 N–H and O–H groups in total. The number of rotatable bonds is 15. The Bertz CT molecular complexity index is 3150. The van der Waals surface area contributed by atoms with Crippen LogP contribution >= 0.6 is 0 Å². The van der Waals surface area contributed by atoms with Gasteiger partial charge in [0, 0.05) is 74.9 Å². The summed E-state index contributed by atoms with van der Waals surface area (Å²) in [4.78, 5) is 62.4. The molecule has 2 amide bonds. The summed E-state index contributed by atoms with van der Waals surface area (Å²) in [5.41, 5.74) is 22.0. The molecule has 2 heterocycles. The van der Waals surface area contributed by atoms with Gasteiger partial charge in [0.1, 0.15) is 11.0 Å². The van der Waals surface area contributed by atoms with E-state index < -0.39 is 5.97 Å². The summed E-state index contributed by atoms with van der Waals surface area (Å²) < 4.78 is 17.1. The molecule has 0 aliphatic heterocycles. The molecule has 18 heteroatoms. The second-order valence-electron chi connectivity index (χ2n) is 16.1. The topological polar surface area (TPSA) is 262 Å². The number of ether oxygens (including phenoxy) is 1. The minimum absolute atomic E-state index is 0. The van der Waals surface area contributed by atoms with Gasteiger partial charge in [0.2, 0.25) is 0 Å². The molecule has 8 rings (SSSR count). The van der Waals surface area contributed by atoms with Gasteiger partial charge in [-0.15, -0.1) is 0 Å². The van der Waals surface area contributed by atoms with Gasteiger partial charge in [0.15, 0.2) is 11.2 Å². The van der Waals surface area contributed by atoms with Crippen LogP contribution in [0.25, 0.3) is 44.5 Å². The van der Waals surface area contributed by atoms with Crippen LogP contribution in [0.2, 0.25) is 0 Å². The fourth-order valence-corrected chi connectivity index (χ4v) is 7.36. The normalized spacial score (nSPS) is 10.6. The number of anilines is 4. The van der Waals surface area contributed by atoms with Gasteiger partial charge in [-0.1, -0.05) is 72.8 Å². The number of hydrogen-bond acceptors (Lipinski definition) is 14. The smallest absolute Gasteiger partial charge is 0.870 e. The molecule has 8 aromatic rings. The third kappa shape index (κ3) is 12.8. The molecule has 2 aromatic heterocycles. The van der Waals surface area contributed by atoms with Crippen LogP contribution in [0.4, 0.5) is 23.4 Å². The van der Waals surface area contributed by atoms with Crippen molar-refractivity contribution in [1.29, 1.82) is 0 Å². The number of carboxylic acids is 1. The molecular weight excluding hydrogens is 904 g/mol. The quantitative estimate of drug-likeness (QED) is 0.0661. The van der Waals surface area contributed by atoms with E-state index in [1.807, 2.05) is 82.8 Å². The summed E-state index contributed by atoms with van der Waals surface area (Å²) in [6.07, 6.45) is -0.127. The number of esters is 1. The zero-order valence-corrected chi connectivity index (χ0v) is 41.8. The van der Waals surface area contributed by atoms with Crippen LogP contribution in [0.5, 0.6) is 0 Å². The van der Waals surface area contributed by atoms with E-state index >= 15 is 0 Å². The monoisotopic (exact) mass is 956 g/mol. The number of nitrogens with two attached hydrogens (primary N) is 2. The van der Waals surface area contributed by atoms with Gasteiger partial charge in [-0.3, -0.25) is 19.2 Å². The van der Waals surface area contributed by atoms with E-state index in [2.05, 4.69) is 20.6 Å². The van der Waals surface area contributed by atoms with Crippen LogP contribution in [0.1, 0.15) is 49.9 Å². The molecule has 0 saturated heterocycles. The zero-order valence-electron chi connectivity index (χ0n) is 39.8. The SMILES string of the molecule is CCOC(=O)Cc1ccccc1NC(=O)c1cc(-c2cccc(CN)c2)c2oc(N(C)C)nc2c1.CN(C)c1nc2cc(C(=O)Nc3ccccc3CC(=O)O)cc(-c3cccc(CN)c3)c2o1.[Na+].[OH-]. The Morgan fingerprint density at radius 1 is 0.614 bits per heavy atom. The number of amides is 2. The van der Waals surface area contributed by atoms with Gasteiger partial charge in [0.25, 0.3) is 23.8 Å². The first kappa shape index (κ1) is 53.6. The summed E-state index contributed by atoms with van der Waals surface area (Å²) in [7, 11) is 7.33. The largest absolute Gasteiger partial charge is 1.00 e. The first-order valence-electron chi connectivity index (χ1n) is 21.7. The van der Waals surface area contributed by atoms with Crippen LogP contribution < -0.4 is 61.5 Å². The minimum atomic E-state index is -0.973. The van der Waals surface area contributed by atoms with Crippen molar-refractivity contribution in [3.8, 4) is 22.3 Å². The van der Waals surface area contributed by atoms with Crippen molar-refractivity contribution in [3.63, 3.8) is 0 Å². The van der Waals surface area contributed by atoms with Crippen molar-refractivity contribution in [1.82, 2.24) is 9.97 Å². The molecule has 0 bridgehead atoms. The van der Waals surface area contributed by atoms with Gasteiger partial charge >= 0.3 is 41.5 Å². The third-order valence-corrected chi connectivity index (χ3v) is 10.7. The average molecular weight is 957 g/mol. The van der Waals surface area contributed by atoms with Crippen LogP contribution in [0.3, 0.4) is 0 Å². The van der Waals surface area contributed by atoms with Crippen LogP contribution in [-0.2, 0) is 40.3 Å². The molecule has 0 spiro atoms. The fraction of sp³-hybridized carbons (Fsp3) is 0.192. The molecule has 0 atom stereocenters. The maximum Gasteiger partial charge on any atom is 1.00 e. The number of aliphatic carboxylic acids is 1. The second kappa shape index (κ2) is 24.3. The van der Waals surface area contributed by atoms with Gasteiger partial charge in [-0.2, -0.15) is 9.97 Å². The number of nitrogens with one attached hydrogen (secondary N) is 2. The Morgan fingerprint density at radius 2 is 1.04 bits per heavy atom. The van der Waals surface area contributed by atoms with E-state index in [4.69, 9.17) is 30.1 Å². The number of fused-ring (bicyclic) bond motifs is 2. The molecule has 0 fully saturated rings. The molecule has 0 aliphatic rings. The van der Waals surface area contributed by atoms with Crippen LogP contribution in [0.15, 0.2) is 130 Å². The van der Waals surface area contributed by atoms with E-state index in [1.165, 1.54) is 0 Å². The number of para-hydroxylation sites is 2. The van der Waals surface area contributed by atoms with Crippen molar-refractivity contribution >= 4 is 69.4 Å². The number of carbonyl (C=O) groups excluding carboxylic acids is 3. The summed E-state index contributed by atoms with van der Waals surface area (Å²) in [5.74, 6) is -2.02. The van der Waals surface area contributed by atoms with Crippen molar-refractivity contribution in [2.45, 2.75) is 32.9 Å². The van der Waals surface area contributed by atoms with Crippen molar-refractivity contribution in [2.24, 2.45) is 11.5 Å². The van der Waals surface area contributed by atoms with Gasteiger partial charge in [0.05, 0.1) is 19.4 Å². The first-order chi connectivity index (χ1) is 32.7. The summed E-state index contributed by atoms with van der Waals surface area (Å²) in [6.45, 7) is 2.84. The van der Waals surface area contributed by atoms with Gasteiger partial charge in [-0.05, 0) is 88.8 Å². The Balaban J connectivity index is 0.000000254. The standard InChI is InChI=1S/C27H28N4O4.C25H24N4O4.Na.H2O/c1-4-34-24(32)15-19-9-5-6-11-22(19)29-26(33)20-13-21(18-10-7-8-17(12-18)16-28)25-23(14-20)30-27(35-25)31(2)3;1-29(2)25-28-21-12-18(24(32)27-20-9-4-3-7-17(20)13-22(30)31)11-19(23(21)33-25)16-8-5-6-15(10-16)14-26;;/h5-14H,4,15-16,28H2,1-3H3,(H,29,33);3-12H,13-14,26H2,1-2H3,(H,27,32)(H,30,31);;1H2/q;;+1;/p-1. The molecule has 6 aromatic carbocycles. The number of benzene rings is 6. The van der Waals surface area contributed by atoms with Crippen LogP contribution in [-0.4, -0.2) is 79.1 Å². The zero-order chi connectivity index (χ0) is 48.5.